The Morgan fingerprint density at radius 3 is 2.52 bits per heavy atom. The lowest BCUT2D eigenvalue weighted by Crippen LogP contribution is -2.28. The quantitative estimate of drug-likeness (QED) is 0.341. The number of aliphatic carboxylic acids is 1. The van der Waals surface area contributed by atoms with Gasteiger partial charge in [0.2, 0.25) is 0 Å². The lowest BCUT2D eigenvalue weighted by molar-refractivity contribution is -0.144. The zero-order valence-corrected chi connectivity index (χ0v) is 19.1. The fourth-order valence-corrected chi connectivity index (χ4v) is 5.06. The molecular weight excluding hydrogens is 492 g/mol. The van der Waals surface area contributed by atoms with Gasteiger partial charge in [-0.1, -0.05) is 23.8 Å². The zero-order valence-electron chi connectivity index (χ0n) is 16.7. The minimum absolute atomic E-state index is 0.0768. The largest absolute Gasteiger partial charge is 0.490 e. The summed E-state index contributed by atoms with van der Waals surface area (Å²) >= 11 is 9.76. The van der Waals surface area contributed by atoms with Gasteiger partial charge in [0.15, 0.2) is 17.6 Å². The van der Waals surface area contributed by atoms with Gasteiger partial charge in [0.1, 0.15) is 5.02 Å². The molecule has 1 N–H and O–H groups in total. The van der Waals surface area contributed by atoms with Crippen LogP contribution in [0.1, 0.15) is 25.8 Å². The number of hydrogen-bond acceptors (Lipinski definition) is 6. The summed E-state index contributed by atoms with van der Waals surface area (Å²) in [5.74, 6) is -1.89. The number of hydrazone groups is 1. The van der Waals surface area contributed by atoms with Crippen LogP contribution < -0.4 is 9.47 Å². The van der Waals surface area contributed by atoms with E-state index in [0.29, 0.717) is 10.0 Å². The van der Waals surface area contributed by atoms with Crippen LogP contribution in [-0.4, -0.2) is 46.8 Å². The number of carbonyl (C=O) groups is 3. The van der Waals surface area contributed by atoms with Crippen molar-refractivity contribution >= 4 is 51.5 Å². The van der Waals surface area contributed by atoms with Gasteiger partial charge in [-0.3, -0.25) is 9.59 Å². The van der Waals surface area contributed by atoms with E-state index in [9.17, 15) is 14.4 Å². The first-order valence-electron chi connectivity index (χ1n) is 9.88. The van der Waals surface area contributed by atoms with Crippen LogP contribution in [0, 0.1) is 23.7 Å². The monoisotopic (exact) mass is 510 g/mol. The van der Waals surface area contributed by atoms with E-state index < -0.39 is 12.1 Å². The smallest absolute Gasteiger partial charge is 0.344 e. The van der Waals surface area contributed by atoms with Crippen LogP contribution in [0.25, 0.3) is 0 Å². The molecule has 10 heteroatoms. The van der Waals surface area contributed by atoms with Crippen molar-refractivity contribution in [3.8, 4) is 11.5 Å². The molecule has 1 saturated carbocycles. The second-order valence-electron chi connectivity index (χ2n) is 7.69. The summed E-state index contributed by atoms with van der Waals surface area (Å²) in [4.78, 5) is 36.7. The van der Waals surface area contributed by atoms with Crippen molar-refractivity contribution in [1.82, 2.24) is 5.01 Å². The molecule has 31 heavy (non-hydrogen) atoms. The minimum atomic E-state index is -1.15. The first-order chi connectivity index (χ1) is 14.7. The SMILES string of the molecule is CCOc1cc(C=NN2C(=O)[C@@H]3[C@H](C2=O)[C@H]2C=C[C@H]3C2)c(Br)c(Cl)c1O[C@H](C)C(=O)O. The van der Waals surface area contributed by atoms with Crippen LogP contribution in [0.15, 0.2) is 27.8 Å². The van der Waals surface area contributed by atoms with E-state index in [1.54, 1.807) is 13.0 Å². The number of hydrogen-bond donors (Lipinski definition) is 1. The van der Waals surface area contributed by atoms with Crippen molar-refractivity contribution in [2.75, 3.05) is 6.61 Å². The molecule has 3 aliphatic rings. The summed E-state index contributed by atoms with van der Waals surface area (Å²) in [5, 5.41) is 14.3. The Balaban J connectivity index is 1.63. The molecule has 1 saturated heterocycles. The third-order valence-corrected chi connectivity index (χ3v) is 7.30. The molecule has 2 fully saturated rings. The first-order valence-corrected chi connectivity index (χ1v) is 11.1. The number of halogens is 2. The van der Waals surface area contributed by atoms with Crippen molar-refractivity contribution in [3.05, 3.63) is 33.3 Å². The van der Waals surface area contributed by atoms with Crippen LogP contribution in [-0.2, 0) is 14.4 Å². The number of ether oxygens (including phenoxy) is 2. The Kier molecular flexibility index (Phi) is 5.83. The number of carboxylic acids is 1. The number of carbonyl (C=O) groups excluding carboxylic acids is 2. The summed E-state index contributed by atoms with van der Waals surface area (Å²) in [7, 11) is 0. The van der Waals surface area contributed by atoms with Crippen LogP contribution in [0.3, 0.4) is 0 Å². The molecule has 0 aromatic heterocycles. The van der Waals surface area contributed by atoms with Crippen LogP contribution in [0.4, 0.5) is 0 Å². The minimum Gasteiger partial charge on any atom is -0.490 e. The molecule has 5 atom stereocenters. The number of carboxylic acid groups (broad SMARTS) is 1. The maximum atomic E-state index is 12.8. The van der Waals surface area contributed by atoms with Crippen LogP contribution in [0.5, 0.6) is 11.5 Å². The number of benzene rings is 1. The van der Waals surface area contributed by atoms with Crippen LogP contribution >= 0.6 is 27.5 Å². The van der Waals surface area contributed by atoms with E-state index in [1.807, 2.05) is 12.2 Å². The predicted molar refractivity (Wildman–Crippen MR) is 115 cm³/mol. The Hall–Kier alpha value is -2.39. The lowest BCUT2D eigenvalue weighted by atomic mass is 9.85. The highest BCUT2D eigenvalue weighted by molar-refractivity contribution is 9.10. The topological polar surface area (TPSA) is 106 Å². The van der Waals surface area contributed by atoms with Crippen molar-refractivity contribution in [3.63, 3.8) is 0 Å². The summed E-state index contributed by atoms with van der Waals surface area (Å²) in [6.07, 6.45) is 5.10. The number of imide groups is 1. The van der Waals surface area contributed by atoms with Gasteiger partial charge in [-0.15, -0.1) is 0 Å². The molecule has 0 radical (unpaired) electrons. The fraction of sp³-hybridized carbons (Fsp3) is 0.429. The average molecular weight is 512 g/mol. The first kappa shape index (κ1) is 21.8. The van der Waals surface area contributed by atoms with Gasteiger partial charge in [-0.05, 0) is 54.1 Å². The Morgan fingerprint density at radius 2 is 1.97 bits per heavy atom. The van der Waals surface area contributed by atoms with Gasteiger partial charge in [-0.2, -0.15) is 10.1 Å². The third kappa shape index (κ3) is 3.63. The highest BCUT2D eigenvalue weighted by Crippen LogP contribution is 2.52. The average Bonchev–Trinajstić information content (AvgIpc) is 3.41. The van der Waals surface area contributed by atoms with E-state index in [4.69, 9.17) is 26.2 Å². The molecule has 164 valence electrons. The van der Waals surface area contributed by atoms with Gasteiger partial charge in [0.25, 0.3) is 11.8 Å². The van der Waals surface area contributed by atoms with Crippen molar-refractivity contribution in [1.29, 1.82) is 0 Å². The maximum absolute atomic E-state index is 12.8. The Bertz CT molecular complexity index is 996. The predicted octanol–water partition coefficient (Wildman–Crippen LogP) is 3.49. The number of rotatable bonds is 7. The number of nitrogens with zero attached hydrogens (tertiary/aromatic N) is 2. The number of amides is 2. The molecule has 2 amide bonds. The molecule has 1 heterocycles. The summed E-state index contributed by atoms with van der Waals surface area (Å²) in [5.41, 5.74) is 0.447. The highest BCUT2D eigenvalue weighted by atomic mass is 79.9. The van der Waals surface area contributed by atoms with E-state index >= 15 is 0 Å². The normalized spacial score (nSPS) is 27.3. The Labute approximate surface area is 192 Å². The summed E-state index contributed by atoms with van der Waals surface area (Å²) in [6, 6.07) is 1.56. The summed E-state index contributed by atoms with van der Waals surface area (Å²) < 4.78 is 11.4. The number of fused-ring (bicyclic) bond motifs is 5. The molecule has 2 aliphatic carbocycles. The van der Waals surface area contributed by atoms with Gasteiger partial charge in [-0.25, -0.2) is 4.79 Å². The fourth-order valence-electron chi connectivity index (χ4n) is 4.42. The molecule has 0 spiro atoms. The number of allylic oxidation sites excluding steroid dienone is 2. The molecule has 4 rings (SSSR count). The van der Waals surface area contributed by atoms with E-state index in [1.165, 1.54) is 13.1 Å². The Morgan fingerprint density at radius 1 is 1.35 bits per heavy atom. The van der Waals surface area contributed by atoms with Gasteiger partial charge >= 0.3 is 5.97 Å². The lowest BCUT2D eigenvalue weighted by Gasteiger charge is -2.18. The molecule has 1 aromatic rings. The second-order valence-corrected chi connectivity index (χ2v) is 8.86. The molecule has 0 unspecified atom stereocenters. The zero-order chi connectivity index (χ0) is 22.4. The standard InChI is InChI=1S/C21H20BrClN2O6/c1-3-30-13-7-12(16(22)17(23)18(13)31-9(2)21(28)29)8-24-25-19(26)14-10-4-5-11(6-10)15(14)20(25)27/h4-5,7-11,14-15H,3,6H2,1-2H3,(H,28,29)/t9-,10+,11+,14-,15+/m1/s1. The van der Waals surface area contributed by atoms with E-state index in [2.05, 4.69) is 21.0 Å². The van der Waals surface area contributed by atoms with Crippen molar-refractivity contribution in [2.24, 2.45) is 28.8 Å². The second kappa shape index (κ2) is 8.27. The van der Waals surface area contributed by atoms with E-state index in [0.717, 1.165) is 11.4 Å². The maximum Gasteiger partial charge on any atom is 0.344 e. The van der Waals surface area contributed by atoms with Gasteiger partial charge < -0.3 is 14.6 Å². The van der Waals surface area contributed by atoms with Gasteiger partial charge in [0, 0.05) is 10.0 Å². The third-order valence-electron chi connectivity index (χ3n) is 5.86. The van der Waals surface area contributed by atoms with Crippen molar-refractivity contribution in [2.45, 2.75) is 26.4 Å². The van der Waals surface area contributed by atoms with E-state index in [-0.39, 0.29) is 58.6 Å². The molecular formula is C21H20BrClN2O6. The summed E-state index contributed by atoms with van der Waals surface area (Å²) in [6.45, 7) is 3.42. The molecule has 8 nitrogen and oxygen atoms in total. The van der Waals surface area contributed by atoms with Crippen LogP contribution in [0.2, 0.25) is 5.02 Å². The molecule has 1 aromatic carbocycles. The van der Waals surface area contributed by atoms with Gasteiger partial charge in [0.05, 0.1) is 24.7 Å². The molecule has 2 bridgehead atoms. The molecule has 1 aliphatic heterocycles. The highest BCUT2D eigenvalue weighted by Gasteiger charge is 2.59. The van der Waals surface area contributed by atoms with Crippen molar-refractivity contribution < 1.29 is 29.0 Å².